The van der Waals surface area contributed by atoms with E-state index in [1.54, 1.807) is 12.1 Å². The maximum atomic E-state index is 11.9. The van der Waals surface area contributed by atoms with Crippen LogP contribution in [-0.2, 0) is 6.42 Å². The molecule has 0 bridgehead atoms. The molecule has 0 saturated carbocycles. The summed E-state index contributed by atoms with van der Waals surface area (Å²) in [7, 11) is 0. The zero-order valence-corrected chi connectivity index (χ0v) is 12.1. The Morgan fingerprint density at radius 3 is 2.63 bits per heavy atom. The van der Waals surface area contributed by atoms with Gasteiger partial charge in [-0.15, -0.1) is 0 Å². The Bertz CT molecular complexity index is 795. The molecular weight excluding hydrogens is 353 g/mol. The fourth-order valence-electron chi connectivity index (χ4n) is 1.94. The summed E-state index contributed by atoms with van der Waals surface area (Å²) in [6.45, 7) is 0. The molecule has 0 radical (unpaired) electrons. The average Bonchev–Trinajstić information content (AvgIpc) is 2.42. The van der Waals surface area contributed by atoms with Gasteiger partial charge in [-0.3, -0.25) is 0 Å². The SMILES string of the molecule is O=c1oc(Cc2ccccc2I)nc2ccccc12. The van der Waals surface area contributed by atoms with E-state index in [9.17, 15) is 4.79 Å². The second-order valence-corrected chi connectivity index (χ2v) is 5.34. The van der Waals surface area contributed by atoms with Crippen LogP contribution in [-0.4, -0.2) is 4.98 Å². The predicted molar refractivity (Wildman–Crippen MR) is 82.2 cm³/mol. The Kier molecular flexibility index (Phi) is 3.33. The van der Waals surface area contributed by atoms with Gasteiger partial charge in [-0.2, -0.15) is 0 Å². The van der Waals surface area contributed by atoms with E-state index < -0.39 is 0 Å². The van der Waals surface area contributed by atoms with Gasteiger partial charge in [-0.05, 0) is 46.4 Å². The first-order valence-corrected chi connectivity index (χ1v) is 6.94. The maximum Gasteiger partial charge on any atom is 0.346 e. The monoisotopic (exact) mass is 363 g/mol. The first kappa shape index (κ1) is 12.3. The van der Waals surface area contributed by atoms with Gasteiger partial charge in [0.15, 0.2) is 0 Å². The molecule has 1 aromatic heterocycles. The Morgan fingerprint density at radius 1 is 1.05 bits per heavy atom. The van der Waals surface area contributed by atoms with E-state index in [0.717, 1.165) is 9.13 Å². The smallest absolute Gasteiger partial charge is 0.346 e. The summed E-state index contributed by atoms with van der Waals surface area (Å²) < 4.78 is 6.42. The van der Waals surface area contributed by atoms with Crippen molar-refractivity contribution in [2.24, 2.45) is 0 Å². The van der Waals surface area contributed by atoms with Gasteiger partial charge in [0.2, 0.25) is 5.89 Å². The second kappa shape index (κ2) is 5.13. The molecule has 0 atom stereocenters. The highest BCUT2D eigenvalue weighted by molar-refractivity contribution is 14.1. The first-order valence-electron chi connectivity index (χ1n) is 5.86. The summed E-state index contributed by atoms with van der Waals surface area (Å²) in [5, 5.41) is 0.522. The van der Waals surface area contributed by atoms with Crippen molar-refractivity contribution in [3.8, 4) is 0 Å². The zero-order chi connectivity index (χ0) is 13.2. The fourth-order valence-corrected chi connectivity index (χ4v) is 2.52. The van der Waals surface area contributed by atoms with Crippen LogP contribution in [0, 0.1) is 3.57 Å². The van der Waals surface area contributed by atoms with E-state index in [2.05, 4.69) is 27.6 Å². The minimum Gasteiger partial charge on any atom is -0.408 e. The van der Waals surface area contributed by atoms with Crippen molar-refractivity contribution >= 4 is 33.5 Å². The van der Waals surface area contributed by atoms with Gasteiger partial charge in [0.1, 0.15) is 0 Å². The van der Waals surface area contributed by atoms with Crippen LogP contribution in [0.1, 0.15) is 11.5 Å². The Balaban J connectivity index is 2.07. The topological polar surface area (TPSA) is 43.1 Å². The third kappa shape index (κ3) is 2.53. The van der Waals surface area contributed by atoms with Crippen molar-refractivity contribution in [3.05, 3.63) is 74.0 Å². The molecule has 3 aromatic rings. The van der Waals surface area contributed by atoms with Crippen LogP contribution < -0.4 is 5.63 Å². The fraction of sp³-hybridized carbons (Fsp3) is 0.0667. The summed E-state index contributed by atoms with van der Waals surface area (Å²) in [6, 6.07) is 15.2. The maximum absolute atomic E-state index is 11.9. The number of hydrogen-bond acceptors (Lipinski definition) is 3. The zero-order valence-electron chi connectivity index (χ0n) is 9.97. The van der Waals surface area contributed by atoms with Crippen molar-refractivity contribution in [2.45, 2.75) is 6.42 Å². The Hall–Kier alpha value is -1.69. The lowest BCUT2D eigenvalue weighted by Crippen LogP contribution is -2.06. The second-order valence-electron chi connectivity index (χ2n) is 4.18. The standard InChI is InChI=1S/C15H10INO2/c16-12-7-3-1-5-10(12)9-14-17-13-8-4-2-6-11(13)15(18)19-14/h1-8H,9H2. The molecule has 19 heavy (non-hydrogen) atoms. The molecule has 94 valence electrons. The van der Waals surface area contributed by atoms with Gasteiger partial charge in [0.05, 0.1) is 17.3 Å². The minimum atomic E-state index is -0.327. The lowest BCUT2D eigenvalue weighted by atomic mass is 10.1. The molecule has 0 aliphatic rings. The van der Waals surface area contributed by atoms with Crippen molar-refractivity contribution in [3.63, 3.8) is 0 Å². The predicted octanol–water partition coefficient (Wildman–Crippen LogP) is 3.38. The summed E-state index contributed by atoms with van der Waals surface area (Å²) >= 11 is 2.27. The van der Waals surface area contributed by atoms with Crippen LogP contribution in [0.5, 0.6) is 0 Å². The lowest BCUT2D eigenvalue weighted by Gasteiger charge is -2.03. The molecule has 3 rings (SSSR count). The third-order valence-electron chi connectivity index (χ3n) is 2.88. The molecule has 0 unspecified atom stereocenters. The molecule has 3 nitrogen and oxygen atoms in total. The lowest BCUT2D eigenvalue weighted by molar-refractivity contribution is 0.454. The van der Waals surface area contributed by atoms with Gasteiger partial charge >= 0.3 is 5.63 Å². The number of fused-ring (bicyclic) bond motifs is 1. The molecule has 0 spiro atoms. The number of halogens is 1. The summed E-state index contributed by atoms with van der Waals surface area (Å²) in [6.07, 6.45) is 0.527. The average molecular weight is 363 g/mol. The number of aromatic nitrogens is 1. The van der Waals surface area contributed by atoms with Gasteiger partial charge < -0.3 is 4.42 Å². The highest BCUT2D eigenvalue weighted by Crippen LogP contribution is 2.16. The first-order chi connectivity index (χ1) is 9.24. The largest absolute Gasteiger partial charge is 0.408 e. The molecule has 1 heterocycles. The normalized spacial score (nSPS) is 10.8. The highest BCUT2D eigenvalue weighted by Gasteiger charge is 2.08. The van der Waals surface area contributed by atoms with E-state index >= 15 is 0 Å². The number of benzene rings is 2. The van der Waals surface area contributed by atoms with Crippen LogP contribution in [0.25, 0.3) is 10.9 Å². The number of nitrogens with zero attached hydrogens (tertiary/aromatic N) is 1. The van der Waals surface area contributed by atoms with E-state index in [1.165, 1.54) is 0 Å². The van der Waals surface area contributed by atoms with Crippen molar-refractivity contribution in [1.29, 1.82) is 0 Å². The number of hydrogen-bond donors (Lipinski definition) is 0. The molecule has 0 aliphatic carbocycles. The van der Waals surface area contributed by atoms with Crippen LogP contribution in [0.4, 0.5) is 0 Å². The molecule has 2 aromatic carbocycles. The third-order valence-corrected chi connectivity index (χ3v) is 3.93. The van der Waals surface area contributed by atoms with Crippen LogP contribution in [0.15, 0.2) is 57.7 Å². The molecule has 0 aliphatic heterocycles. The summed E-state index contributed by atoms with van der Waals surface area (Å²) in [5.41, 5.74) is 1.46. The van der Waals surface area contributed by atoms with Gasteiger partial charge in [-0.1, -0.05) is 30.3 Å². The highest BCUT2D eigenvalue weighted by atomic mass is 127. The minimum absolute atomic E-state index is 0.327. The molecule has 4 heteroatoms. The Labute approximate surface area is 123 Å². The molecular formula is C15H10INO2. The quantitative estimate of drug-likeness (QED) is 0.656. The van der Waals surface area contributed by atoms with Gasteiger partial charge in [0.25, 0.3) is 0 Å². The van der Waals surface area contributed by atoms with Crippen molar-refractivity contribution < 1.29 is 4.42 Å². The van der Waals surface area contributed by atoms with E-state index in [0.29, 0.717) is 23.2 Å². The van der Waals surface area contributed by atoms with E-state index in [-0.39, 0.29) is 5.63 Å². The van der Waals surface area contributed by atoms with Crippen LogP contribution in [0.3, 0.4) is 0 Å². The van der Waals surface area contributed by atoms with Crippen molar-refractivity contribution in [1.82, 2.24) is 4.98 Å². The van der Waals surface area contributed by atoms with Crippen molar-refractivity contribution in [2.75, 3.05) is 0 Å². The van der Waals surface area contributed by atoms with Crippen LogP contribution in [0.2, 0.25) is 0 Å². The van der Waals surface area contributed by atoms with Gasteiger partial charge in [-0.25, -0.2) is 9.78 Å². The summed E-state index contributed by atoms with van der Waals surface area (Å²) in [4.78, 5) is 16.3. The molecule has 0 fully saturated rings. The number of para-hydroxylation sites is 1. The molecule has 0 saturated heterocycles. The van der Waals surface area contributed by atoms with Gasteiger partial charge in [0, 0.05) is 3.57 Å². The number of rotatable bonds is 2. The Morgan fingerprint density at radius 2 is 1.79 bits per heavy atom. The summed E-state index contributed by atoms with van der Waals surface area (Å²) in [5.74, 6) is 0.452. The van der Waals surface area contributed by atoms with E-state index in [4.69, 9.17) is 4.42 Å². The van der Waals surface area contributed by atoms with Crippen LogP contribution >= 0.6 is 22.6 Å². The molecule has 0 N–H and O–H groups in total. The van der Waals surface area contributed by atoms with E-state index in [1.807, 2.05) is 36.4 Å². The molecule has 0 amide bonds.